The van der Waals surface area contributed by atoms with E-state index in [0.29, 0.717) is 12.2 Å². The number of H-pyrrole nitrogens is 1. The van der Waals surface area contributed by atoms with Gasteiger partial charge < -0.3 is 4.98 Å². The summed E-state index contributed by atoms with van der Waals surface area (Å²) < 4.78 is 0. The summed E-state index contributed by atoms with van der Waals surface area (Å²) in [7, 11) is 0. The normalized spacial score (nSPS) is 10.0. The molecule has 2 aromatic rings. The van der Waals surface area contributed by atoms with Gasteiger partial charge in [-0.05, 0) is 5.56 Å². The summed E-state index contributed by atoms with van der Waals surface area (Å²) in [4.78, 5) is 13.5. The van der Waals surface area contributed by atoms with Crippen LogP contribution in [-0.4, -0.2) is 15.2 Å². The Morgan fingerprint density at radius 1 is 1.21 bits per heavy atom. The average Bonchev–Trinajstić information content (AvgIpc) is 2.19. The largest absolute Gasteiger partial charge is 0.307 e. The molecule has 0 fully saturated rings. The molecule has 0 bridgehead atoms. The molecule has 0 spiro atoms. The number of benzene rings is 1. The summed E-state index contributed by atoms with van der Waals surface area (Å²) in [6.07, 6.45) is 1.76. The van der Waals surface area contributed by atoms with Crippen LogP contribution in [0, 0.1) is 0 Å². The molecule has 4 nitrogen and oxygen atoms in total. The molecule has 0 saturated heterocycles. The van der Waals surface area contributed by atoms with Gasteiger partial charge in [0.25, 0.3) is 5.56 Å². The maximum Gasteiger partial charge on any atom is 0.269 e. The molecule has 0 aliphatic heterocycles. The lowest BCUT2D eigenvalue weighted by Crippen LogP contribution is -2.11. The van der Waals surface area contributed by atoms with Gasteiger partial charge >= 0.3 is 0 Å². The number of aromatic nitrogens is 3. The van der Waals surface area contributed by atoms with Crippen LogP contribution in [0.2, 0.25) is 0 Å². The first-order valence-electron chi connectivity index (χ1n) is 4.29. The summed E-state index contributed by atoms with van der Waals surface area (Å²) in [5, 5.41) is 7.42. The molecule has 4 heteroatoms. The number of nitrogens with one attached hydrogen (secondary N) is 1. The highest BCUT2D eigenvalue weighted by molar-refractivity contribution is 5.18. The van der Waals surface area contributed by atoms with Crippen molar-refractivity contribution >= 4 is 0 Å². The van der Waals surface area contributed by atoms with E-state index >= 15 is 0 Å². The van der Waals surface area contributed by atoms with Crippen molar-refractivity contribution in [2.24, 2.45) is 0 Å². The molecule has 0 atom stereocenters. The molecule has 0 saturated carbocycles. The van der Waals surface area contributed by atoms with Gasteiger partial charge in [-0.1, -0.05) is 30.3 Å². The summed E-state index contributed by atoms with van der Waals surface area (Å²) in [5.41, 5.74) is 0.884. The molecule has 0 aliphatic rings. The van der Waals surface area contributed by atoms with Crippen LogP contribution >= 0.6 is 0 Å². The van der Waals surface area contributed by atoms with Crippen LogP contribution in [0.25, 0.3) is 0 Å². The lowest BCUT2D eigenvalue weighted by atomic mass is 10.1. The van der Waals surface area contributed by atoms with Crippen molar-refractivity contribution in [3.05, 3.63) is 58.3 Å². The van der Waals surface area contributed by atoms with E-state index < -0.39 is 0 Å². The Kier molecular flexibility index (Phi) is 2.36. The molecule has 14 heavy (non-hydrogen) atoms. The number of nitrogens with zero attached hydrogens (tertiary/aromatic N) is 2. The Morgan fingerprint density at radius 3 is 2.71 bits per heavy atom. The zero-order valence-corrected chi connectivity index (χ0v) is 7.47. The summed E-state index contributed by atoms with van der Waals surface area (Å²) >= 11 is 0. The standard InChI is InChI=1S/C10H9N3O/c14-10-7-11-13-9(12-10)6-8-4-2-1-3-5-8/h1-5,7H,6H2,(H,12,13,14). The van der Waals surface area contributed by atoms with E-state index in [9.17, 15) is 4.79 Å². The molecule has 0 amide bonds. The zero-order valence-electron chi connectivity index (χ0n) is 7.47. The fourth-order valence-electron chi connectivity index (χ4n) is 1.22. The summed E-state index contributed by atoms with van der Waals surface area (Å²) in [6.45, 7) is 0. The van der Waals surface area contributed by atoms with Gasteiger partial charge in [0.05, 0.1) is 0 Å². The minimum Gasteiger partial charge on any atom is -0.307 e. The van der Waals surface area contributed by atoms with Crippen LogP contribution in [-0.2, 0) is 6.42 Å². The van der Waals surface area contributed by atoms with E-state index in [1.54, 1.807) is 0 Å². The van der Waals surface area contributed by atoms with Crippen LogP contribution < -0.4 is 5.56 Å². The predicted molar refractivity (Wildman–Crippen MR) is 51.9 cm³/mol. The maximum atomic E-state index is 10.9. The SMILES string of the molecule is O=c1cnnc(Cc2ccccc2)[nH]1. The Morgan fingerprint density at radius 2 is 2.00 bits per heavy atom. The molecule has 0 aliphatic carbocycles. The van der Waals surface area contributed by atoms with Crippen molar-refractivity contribution in [3.8, 4) is 0 Å². The van der Waals surface area contributed by atoms with E-state index in [2.05, 4.69) is 15.2 Å². The number of hydrogen-bond donors (Lipinski definition) is 1. The number of rotatable bonds is 2. The molecule has 0 radical (unpaired) electrons. The van der Waals surface area contributed by atoms with Crippen molar-refractivity contribution in [3.63, 3.8) is 0 Å². The minimum atomic E-state index is -0.217. The first-order chi connectivity index (χ1) is 6.84. The highest BCUT2D eigenvalue weighted by Gasteiger charge is 1.97. The summed E-state index contributed by atoms with van der Waals surface area (Å²) in [6, 6.07) is 9.80. The predicted octanol–water partition coefficient (Wildman–Crippen LogP) is 0.756. The molecular formula is C10H9N3O. The van der Waals surface area contributed by atoms with E-state index in [4.69, 9.17) is 0 Å². The lowest BCUT2D eigenvalue weighted by Gasteiger charge is -1.98. The van der Waals surface area contributed by atoms with Crippen molar-refractivity contribution in [1.82, 2.24) is 15.2 Å². The smallest absolute Gasteiger partial charge is 0.269 e. The second-order valence-corrected chi connectivity index (χ2v) is 2.94. The molecule has 1 N–H and O–H groups in total. The van der Waals surface area contributed by atoms with Crippen LogP contribution in [0.15, 0.2) is 41.3 Å². The highest BCUT2D eigenvalue weighted by atomic mass is 16.1. The van der Waals surface area contributed by atoms with Crippen LogP contribution in [0.5, 0.6) is 0 Å². The maximum absolute atomic E-state index is 10.9. The molecule has 2 rings (SSSR count). The lowest BCUT2D eigenvalue weighted by molar-refractivity contribution is 0.845. The van der Waals surface area contributed by atoms with Gasteiger partial charge in [-0.15, -0.1) is 5.10 Å². The van der Waals surface area contributed by atoms with Gasteiger partial charge in [0.2, 0.25) is 0 Å². The topological polar surface area (TPSA) is 58.6 Å². The van der Waals surface area contributed by atoms with E-state index in [-0.39, 0.29) is 5.56 Å². The monoisotopic (exact) mass is 187 g/mol. The van der Waals surface area contributed by atoms with Crippen LogP contribution in [0.1, 0.15) is 11.4 Å². The number of hydrogen-bond acceptors (Lipinski definition) is 3. The van der Waals surface area contributed by atoms with Gasteiger partial charge in [-0.25, -0.2) is 0 Å². The van der Waals surface area contributed by atoms with Crippen molar-refractivity contribution in [2.75, 3.05) is 0 Å². The highest BCUT2D eigenvalue weighted by Crippen LogP contribution is 2.02. The Labute approximate surface area is 80.6 Å². The molecule has 1 aromatic carbocycles. The second kappa shape index (κ2) is 3.83. The second-order valence-electron chi connectivity index (χ2n) is 2.94. The van der Waals surface area contributed by atoms with E-state index in [0.717, 1.165) is 11.8 Å². The van der Waals surface area contributed by atoms with Crippen LogP contribution in [0.4, 0.5) is 0 Å². The Hall–Kier alpha value is -1.97. The van der Waals surface area contributed by atoms with E-state index in [1.165, 1.54) is 0 Å². The van der Waals surface area contributed by atoms with Crippen molar-refractivity contribution in [1.29, 1.82) is 0 Å². The zero-order chi connectivity index (χ0) is 9.80. The fourth-order valence-corrected chi connectivity index (χ4v) is 1.22. The first kappa shape index (κ1) is 8.62. The quantitative estimate of drug-likeness (QED) is 0.754. The Bertz CT molecular complexity index is 464. The molecule has 70 valence electrons. The van der Waals surface area contributed by atoms with E-state index in [1.807, 2.05) is 30.3 Å². The third-order valence-corrected chi connectivity index (χ3v) is 1.84. The molecule has 0 unspecified atom stereocenters. The van der Waals surface area contributed by atoms with Gasteiger partial charge in [-0.2, -0.15) is 5.10 Å². The number of aromatic amines is 1. The van der Waals surface area contributed by atoms with Crippen LogP contribution in [0.3, 0.4) is 0 Å². The summed E-state index contributed by atoms with van der Waals surface area (Å²) in [5.74, 6) is 0.587. The average molecular weight is 187 g/mol. The fraction of sp³-hybridized carbons (Fsp3) is 0.100. The van der Waals surface area contributed by atoms with Crippen molar-refractivity contribution in [2.45, 2.75) is 6.42 Å². The third-order valence-electron chi connectivity index (χ3n) is 1.84. The first-order valence-corrected chi connectivity index (χ1v) is 4.29. The Balaban J connectivity index is 2.24. The van der Waals surface area contributed by atoms with Gasteiger partial charge in [-0.3, -0.25) is 4.79 Å². The van der Waals surface area contributed by atoms with Gasteiger partial charge in [0.1, 0.15) is 12.0 Å². The van der Waals surface area contributed by atoms with Gasteiger partial charge in [0, 0.05) is 6.42 Å². The third kappa shape index (κ3) is 2.04. The molecule has 1 heterocycles. The van der Waals surface area contributed by atoms with Crippen molar-refractivity contribution < 1.29 is 0 Å². The van der Waals surface area contributed by atoms with Gasteiger partial charge in [0.15, 0.2) is 0 Å². The molecular weight excluding hydrogens is 178 g/mol. The molecule has 1 aromatic heterocycles. The minimum absolute atomic E-state index is 0.217.